The zero-order valence-corrected chi connectivity index (χ0v) is 7.96. The van der Waals surface area contributed by atoms with E-state index in [1.54, 1.807) is 19.3 Å². The fraction of sp³-hybridized carbons (Fsp3) is 0.300. The van der Waals surface area contributed by atoms with Crippen LogP contribution in [0.15, 0.2) is 30.6 Å². The average molecular weight is 195 g/mol. The van der Waals surface area contributed by atoms with Crippen molar-refractivity contribution in [2.75, 3.05) is 0 Å². The van der Waals surface area contributed by atoms with Gasteiger partial charge < -0.3 is 9.90 Å². The van der Waals surface area contributed by atoms with E-state index >= 15 is 0 Å². The molecule has 0 aromatic carbocycles. The molecule has 0 saturated carbocycles. The highest BCUT2D eigenvalue weighted by atomic mass is 16.4. The second kappa shape index (κ2) is 7.91. The third-order valence-corrected chi connectivity index (χ3v) is 1.49. The van der Waals surface area contributed by atoms with Crippen LogP contribution in [-0.2, 0) is 9.59 Å². The Kier molecular flexibility index (Phi) is 6.95. The SMILES string of the molecule is CCC(C=O)C(=O)O.c1ccncc1. The lowest BCUT2D eigenvalue weighted by molar-refractivity contribution is -0.143. The predicted molar refractivity (Wildman–Crippen MR) is 51.7 cm³/mol. The number of aldehydes is 1. The first-order chi connectivity index (χ1) is 6.72. The lowest BCUT2D eigenvalue weighted by atomic mass is 10.1. The van der Waals surface area contributed by atoms with E-state index in [9.17, 15) is 9.59 Å². The first-order valence-electron chi connectivity index (χ1n) is 4.25. The van der Waals surface area contributed by atoms with E-state index in [0.29, 0.717) is 12.7 Å². The second-order valence-corrected chi connectivity index (χ2v) is 2.51. The number of nitrogens with zero attached hydrogens (tertiary/aromatic N) is 1. The van der Waals surface area contributed by atoms with Gasteiger partial charge in [0, 0.05) is 12.4 Å². The van der Waals surface area contributed by atoms with Crippen LogP contribution in [0.5, 0.6) is 0 Å². The van der Waals surface area contributed by atoms with Gasteiger partial charge in [0.25, 0.3) is 0 Å². The lowest BCUT2D eigenvalue weighted by Gasteiger charge is -1.95. The summed E-state index contributed by atoms with van der Waals surface area (Å²) in [6.45, 7) is 1.66. The quantitative estimate of drug-likeness (QED) is 0.584. The molecule has 1 atom stereocenters. The monoisotopic (exact) mass is 195 g/mol. The smallest absolute Gasteiger partial charge is 0.313 e. The molecule has 4 heteroatoms. The van der Waals surface area contributed by atoms with E-state index in [1.807, 2.05) is 18.2 Å². The van der Waals surface area contributed by atoms with Gasteiger partial charge >= 0.3 is 5.97 Å². The highest BCUT2D eigenvalue weighted by molar-refractivity contribution is 5.86. The number of carbonyl (C=O) groups excluding carboxylic acids is 1. The van der Waals surface area contributed by atoms with Gasteiger partial charge in [0.05, 0.1) is 0 Å². The van der Waals surface area contributed by atoms with E-state index < -0.39 is 11.9 Å². The predicted octanol–water partition coefficient (Wildman–Crippen LogP) is 1.38. The Labute approximate surface area is 82.6 Å². The zero-order valence-electron chi connectivity index (χ0n) is 7.96. The van der Waals surface area contributed by atoms with Gasteiger partial charge in [0.1, 0.15) is 12.2 Å². The summed E-state index contributed by atoms with van der Waals surface area (Å²) in [5.74, 6) is -1.85. The number of pyridine rings is 1. The van der Waals surface area contributed by atoms with E-state index in [2.05, 4.69) is 4.98 Å². The summed E-state index contributed by atoms with van der Waals surface area (Å²) in [7, 11) is 0. The third-order valence-electron chi connectivity index (χ3n) is 1.49. The van der Waals surface area contributed by atoms with E-state index in [1.165, 1.54) is 0 Å². The molecule has 1 unspecified atom stereocenters. The average Bonchev–Trinajstić information content (AvgIpc) is 2.22. The first kappa shape index (κ1) is 12.3. The van der Waals surface area contributed by atoms with Crippen LogP contribution in [0.2, 0.25) is 0 Å². The van der Waals surface area contributed by atoms with Crippen molar-refractivity contribution >= 4 is 12.3 Å². The summed E-state index contributed by atoms with van der Waals surface area (Å²) >= 11 is 0. The molecule has 0 aliphatic carbocycles. The molecule has 0 amide bonds. The van der Waals surface area contributed by atoms with E-state index in [4.69, 9.17) is 5.11 Å². The van der Waals surface area contributed by atoms with Crippen LogP contribution in [0.3, 0.4) is 0 Å². The normalized spacial score (nSPS) is 10.6. The third kappa shape index (κ3) is 5.88. The van der Waals surface area contributed by atoms with E-state index in [-0.39, 0.29) is 0 Å². The van der Waals surface area contributed by atoms with Crippen molar-refractivity contribution in [1.82, 2.24) is 4.98 Å². The molecule has 0 radical (unpaired) electrons. The molecule has 0 bridgehead atoms. The topological polar surface area (TPSA) is 67.3 Å². The molecular formula is C10H13NO3. The van der Waals surface area contributed by atoms with Crippen molar-refractivity contribution < 1.29 is 14.7 Å². The summed E-state index contributed by atoms with van der Waals surface area (Å²) in [4.78, 5) is 23.5. The van der Waals surface area contributed by atoms with Crippen LogP contribution in [-0.4, -0.2) is 22.3 Å². The molecule has 0 spiro atoms. The standard InChI is InChI=1S/C5H5N.C5H8O3/c1-2-4-6-5-3-1;1-2-4(3-6)5(7)8/h1-5H;3-4H,2H2,1H3,(H,7,8). The minimum atomic E-state index is -1.04. The van der Waals surface area contributed by atoms with Crippen LogP contribution < -0.4 is 0 Å². The van der Waals surface area contributed by atoms with Crippen molar-refractivity contribution in [3.8, 4) is 0 Å². The van der Waals surface area contributed by atoms with Crippen molar-refractivity contribution in [3.05, 3.63) is 30.6 Å². The van der Waals surface area contributed by atoms with E-state index in [0.717, 1.165) is 0 Å². The van der Waals surface area contributed by atoms with Crippen LogP contribution in [0, 0.1) is 5.92 Å². The Hall–Kier alpha value is -1.71. The molecular weight excluding hydrogens is 182 g/mol. The van der Waals surface area contributed by atoms with Gasteiger partial charge in [-0.1, -0.05) is 13.0 Å². The highest BCUT2D eigenvalue weighted by Crippen LogP contribution is 1.95. The molecule has 1 aromatic rings. The number of rotatable bonds is 3. The van der Waals surface area contributed by atoms with Crippen molar-refractivity contribution in [3.63, 3.8) is 0 Å². The Bertz CT molecular complexity index is 235. The summed E-state index contributed by atoms with van der Waals surface area (Å²) < 4.78 is 0. The molecule has 76 valence electrons. The largest absolute Gasteiger partial charge is 0.481 e. The fourth-order valence-electron chi connectivity index (χ4n) is 0.642. The second-order valence-electron chi connectivity index (χ2n) is 2.51. The maximum Gasteiger partial charge on any atom is 0.313 e. The van der Waals surface area contributed by atoms with Crippen LogP contribution in [0.25, 0.3) is 0 Å². The number of carboxylic acids is 1. The maximum atomic E-state index is 9.93. The van der Waals surface area contributed by atoms with Crippen LogP contribution in [0.1, 0.15) is 13.3 Å². The van der Waals surface area contributed by atoms with Crippen molar-refractivity contribution in [2.45, 2.75) is 13.3 Å². The van der Waals surface area contributed by atoms with Gasteiger partial charge in [-0.05, 0) is 18.6 Å². The minimum Gasteiger partial charge on any atom is -0.481 e. The summed E-state index contributed by atoms with van der Waals surface area (Å²) in [6.07, 6.45) is 4.32. The first-order valence-corrected chi connectivity index (χ1v) is 4.25. The van der Waals surface area contributed by atoms with Gasteiger partial charge in [-0.3, -0.25) is 9.78 Å². The molecule has 1 rings (SSSR count). The van der Waals surface area contributed by atoms with Crippen molar-refractivity contribution in [1.29, 1.82) is 0 Å². The lowest BCUT2D eigenvalue weighted by Crippen LogP contribution is -2.12. The Morgan fingerprint density at radius 1 is 1.43 bits per heavy atom. The number of aliphatic carboxylic acids is 1. The Morgan fingerprint density at radius 3 is 2.07 bits per heavy atom. The van der Waals surface area contributed by atoms with Crippen LogP contribution >= 0.6 is 0 Å². The molecule has 0 fully saturated rings. The zero-order chi connectivity index (χ0) is 10.8. The number of aromatic nitrogens is 1. The molecule has 1 aromatic heterocycles. The summed E-state index contributed by atoms with van der Waals surface area (Å²) in [6, 6.07) is 5.72. The number of carbonyl (C=O) groups is 2. The molecule has 0 aliphatic heterocycles. The van der Waals surface area contributed by atoms with Crippen LogP contribution in [0.4, 0.5) is 0 Å². The summed E-state index contributed by atoms with van der Waals surface area (Å²) in [5, 5.41) is 8.14. The molecule has 0 saturated heterocycles. The molecule has 0 aliphatic rings. The fourth-order valence-corrected chi connectivity index (χ4v) is 0.642. The number of carboxylic acid groups (broad SMARTS) is 1. The van der Waals surface area contributed by atoms with Gasteiger partial charge in [-0.15, -0.1) is 0 Å². The maximum absolute atomic E-state index is 9.93. The highest BCUT2D eigenvalue weighted by Gasteiger charge is 2.11. The van der Waals surface area contributed by atoms with Gasteiger partial charge in [0.2, 0.25) is 0 Å². The van der Waals surface area contributed by atoms with Crippen molar-refractivity contribution in [2.24, 2.45) is 5.92 Å². The minimum absolute atomic E-state index is 0.374. The number of hydrogen-bond donors (Lipinski definition) is 1. The summed E-state index contributed by atoms with van der Waals surface area (Å²) in [5.41, 5.74) is 0. The van der Waals surface area contributed by atoms with Gasteiger partial charge in [0.15, 0.2) is 0 Å². The Balaban J connectivity index is 0.000000249. The Morgan fingerprint density at radius 2 is 2.00 bits per heavy atom. The van der Waals surface area contributed by atoms with Gasteiger partial charge in [-0.25, -0.2) is 0 Å². The molecule has 1 N–H and O–H groups in total. The number of hydrogen-bond acceptors (Lipinski definition) is 3. The molecule has 14 heavy (non-hydrogen) atoms. The molecule has 4 nitrogen and oxygen atoms in total. The molecule has 1 heterocycles. The van der Waals surface area contributed by atoms with Gasteiger partial charge in [-0.2, -0.15) is 0 Å².